The highest BCUT2D eigenvalue weighted by Gasteiger charge is 2.26. The molecule has 3 heteroatoms. The Bertz CT molecular complexity index is 814. The monoisotopic (exact) mass is 363 g/mol. The predicted molar refractivity (Wildman–Crippen MR) is 109 cm³/mol. The molecule has 0 saturated carbocycles. The molecule has 27 heavy (non-hydrogen) atoms. The van der Waals surface area contributed by atoms with Crippen molar-refractivity contribution in [3.05, 3.63) is 64.7 Å². The molecule has 142 valence electrons. The van der Waals surface area contributed by atoms with Crippen molar-refractivity contribution in [2.24, 2.45) is 0 Å². The van der Waals surface area contributed by atoms with Crippen LogP contribution in [0.5, 0.6) is 5.75 Å². The van der Waals surface area contributed by atoms with Crippen molar-refractivity contribution in [3.63, 3.8) is 0 Å². The van der Waals surface area contributed by atoms with Crippen molar-refractivity contribution in [1.29, 1.82) is 0 Å². The number of ether oxygens (including phenoxy) is 1. The van der Waals surface area contributed by atoms with Gasteiger partial charge in [0.15, 0.2) is 5.78 Å². The van der Waals surface area contributed by atoms with Gasteiger partial charge in [-0.05, 0) is 54.4 Å². The standard InChI is InChI=1S/C24H29NO2/c1-2-17-6-3-4-8-22(17)23(26)9-5-7-21-15-20(16-25-21)18-10-11-24-19(14-18)12-13-27-24/h3-4,6,8,10-11,14,20-21,25H,2,5,7,9,12-13,15-16H2,1H3/t20?,21-/m0/s1. The molecule has 0 aromatic heterocycles. The largest absolute Gasteiger partial charge is 0.493 e. The summed E-state index contributed by atoms with van der Waals surface area (Å²) < 4.78 is 5.62. The fourth-order valence-electron chi connectivity index (χ4n) is 4.50. The van der Waals surface area contributed by atoms with Gasteiger partial charge >= 0.3 is 0 Å². The number of carbonyl (C=O) groups is 1. The van der Waals surface area contributed by atoms with E-state index in [0.717, 1.165) is 50.1 Å². The van der Waals surface area contributed by atoms with Crippen molar-refractivity contribution in [1.82, 2.24) is 5.32 Å². The summed E-state index contributed by atoms with van der Waals surface area (Å²) in [5.41, 5.74) is 4.87. The molecular weight excluding hydrogens is 334 g/mol. The Balaban J connectivity index is 1.27. The van der Waals surface area contributed by atoms with Crippen molar-refractivity contribution in [2.45, 2.75) is 57.4 Å². The van der Waals surface area contributed by atoms with Crippen LogP contribution in [0.1, 0.15) is 65.6 Å². The second-order valence-electron chi connectivity index (χ2n) is 7.83. The van der Waals surface area contributed by atoms with Crippen LogP contribution in [-0.2, 0) is 12.8 Å². The van der Waals surface area contributed by atoms with E-state index in [0.29, 0.717) is 24.2 Å². The molecule has 2 aromatic carbocycles. The van der Waals surface area contributed by atoms with Gasteiger partial charge in [0.2, 0.25) is 0 Å². The van der Waals surface area contributed by atoms with E-state index in [9.17, 15) is 4.79 Å². The fraction of sp³-hybridized carbons (Fsp3) is 0.458. The van der Waals surface area contributed by atoms with E-state index in [2.05, 4.69) is 36.5 Å². The molecule has 1 unspecified atom stereocenters. The van der Waals surface area contributed by atoms with Crippen LogP contribution in [-0.4, -0.2) is 25.0 Å². The molecule has 0 amide bonds. The van der Waals surface area contributed by atoms with Crippen LogP contribution >= 0.6 is 0 Å². The van der Waals surface area contributed by atoms with Gasteiger partial charge in [0.1, 0.15) is 5.75 Å². The first-order valence-electron chi connectivity index (χ1n) is 10.3. The number of hydrogen-bond donors (Lipinski definition) is 1. The Labute approximate surface area is 162 Å². The Kier molecular flexibility index (Phi) is 5.58. The Morgan fingerprint density at radius 1 is 1.22 bits per heavy atom. The molecule has 2 atom stereocenters. The Morgan fingerprint density at radius 3 is 3.00 bits per heavy atom. The first kappa shape index (κ1) is 18.2. The number of nitrogens with one attached hydrogen (secondary N) is 1. The Hall–Kier alpha value is -2.13. The van der Waals surface area contributed by atoms with Gasteiger partial charge < -0.3 is 10.1 Å². The molecule has 1 fully saturated rings. The molecule has 2 aromatic rings. The number of Topliss-reactive ketones (excluding diaryl/α,β-unsaturated/α-hetero) is 1. The van der Waals surface area contributed by atoms with Gasteiger partial charge in [0, 0.05) is 31.0 Å². The third kappa shape index (κ3) is 4.08. The number of ketones is 1. The number of carbonyl (C=O) groups excluding carboxylic acids is 1. The minimum absolute atomic E-state index is 0.292. The topological polar surface area (TPSA) is 38.3 Å². The molecule has 1 N–H and O–H groups in total. The van der Waals surface area contributed by atoms with Gasteiger partial charge in [-0.15, -0.1) is 0 Å². The van der Waals surface area contributed by atoms with E-state index in [4.69, 9.17) is 4.74 Å². The summed E-state index contributed by atoms with van der Waals surface area (Å²) >= 11 is 0. The smallest absolute Gasteiger partial charge is 0.163 e. The number of rotatable bonds is 7. The lowest BCUT2D eigenvalue weighted by molar-refractivity contribution is 0.0977. The zero-order chi connectivity index (χ0) is 18.6. The summed E-state index contributed by atoms with van der Waals surface area (Å²) in [7, 11) is 0. The van der Waals surface area contributed by atoms with Crippen LogP contribution in [0.4, 0.5) is 0 Å². The summed E-state index contributed by atoms with van der Waals surface area (Å²) in [6, 6.07) is 15.2. The second-order valence-corrected chi connectivity index (χ2v) is 7.83. The van der Waals surface area contributed by atoms with Gasteiger partial charge in [-0.2, -0.15) is 0 Å². The summed E-state index contributed by atoms with van der Waals surface area (Å²) in [4.78, 5) is 12.6. The molecule has 0 radical (unpaired) electrons. The van der Waals surface area contributed by atoms with E-state index in [1.807, 2.05) is 18.2 Å². The van der Waals surface area contributed by atoms with E-state index >= 15 is 0 Å². The molecule has 2 aliphatic heterocycles. The summed E-state index contributed by atoms with van der Waals surface area (Å²) in [5, 5.41) is 3.67. The maximum Gasteiger partial charge on any atom is 0.163 e. The van der Waals surface area contributed by atoms with Crippen LogP contribution in [0.15, 0.2) is 42.5 Å². The first-order valence-corrected chi connectivity index (χ1v) is 10.3. The van der Waals surface area contributed by atoms with E-state index in [1.165, 1.54) is 23.1 Å². The number of fused-ring (bicyclic) bond motifs is 1. The minimum Gasteiger partial charge on any atom is -0.493 e. The normalized spacial score (nSPS) is 21.1. The average molecular weight is 364 g/mol. The third-order valence-electron chi connectivity index (χ3n) is 6.06. The molecule has 0 spiro atoms. The number of aryl methyl sites for hydroxylation is 1. The van der Waals surface area contributed by atoms with E-state index < -0.39 is 0 Å². The third-order valence-corrected chi connectivity index (χ3v) is 6.06. The van der Waals surface area contributed by atoms with Crippen LogP contribution in [0.3, 0.4) is 0 Å². The highest BCUT2D eigenvalue weighted by atomic mass is 16.5. The molecule has 0 aliphatic carbocycles. The lowest BCUT2D eigenvalue weighted by atomic mass is 9.92. The van der Waals surface area contributed by atoms with Gasteiger partial charge in [-0.25, -0.2) is 0 Å². The molecule has 0 bridgehead atoms. The molecule has 2 heterocycles. The van der Waals surface area contributed by atoms with Crippen molar-refractivity contribution in [2.75, 3.05) is 13.2 Å². The van der Waals surface area contributed by atoms with Crippen LogP contribution in [0.25, 0.3) is 0 Å². The van der Waals surface area contributed by atoms with Crippen molar-refractivity contribution >= 4 is 5.78 Å². The highest BCUT2D eigenvalue weighted by molar-refractivity contribution is 5.97. The quantitative estimate of drug-likeness (QED) is 0.726. The lowest BCUT2D eigenvalue weighted by Gasteiger charge is -2.12. The van der Waals surface area contributed by atoms with Gasteiger partial charge in [-0.3, -0.25) is 4.79 Å². The zero-order valence-electron chi connectivity index (χ0n) is 16.2. The zero-order valence-corrected chi connectivity index (χ0v) is 16.2. The molecular formula is C24H29NO2. The number of benzene rings is 2. The van der Waals surface area contributed by atoms with Gasteiger partial charge in [-0.1, -0.05) is 43.3 Å². The SMILES string of the molecule is CCc1ccccc1C(=O)CCC[C@H]1CC(c2ccc3c(c2)CCO3)CN1. The Morgan fingerprint density at radius 2 is 2.11 bits per heavy atom. The first-order chi connectivity index (χ1) is 13.2. The van der Waals surface area contributed by atoms with Gasteiger partial charge in [0.25, 0.3) is 0 Å². The maximum absolute atomic E-state index is 12.6. The molecule has 1 saturated heterocycles. The summed E-state index contributed by atoms with van der Waals surface area (Å²) in [5.74, 6) is 1.94. The summed E-state index contributed by atoms with van der Waals surface area (Å²) in [6.45, 7) is 3.97. The molecule has 3 nitrogen and oxygen atoms in total. The van der Waals surface area contributed by atoms with Gasteiger partial charge in [0.05, 0.1) is 6.61 Å². The van der Waals surface area contributed by atoms with Crippen LogP contribution in [0.2, 0.25) is 0 Å². The van der Waals surface area contributed by atoms with E-state index in [-0.39, 0.29) is 0 Å². The average Bonchev–Trinajstić information content (AvgIpc) is 3.36. The molecule has 2 aliphatic rings. The van der Waals surface area contributed by atoms with Crippen molar-refractivity contribution in [3.8, 4) is 5.75 Å². The van der Waals surface area contributed by atoms with Crippen LogP contribution < -0.4 is 10.1 Å². The van der Waals surface area contributed by atoms with Crippen LogP contribution in [0, 0.1) is 0 Å². The maximum atomic E-state index is 12.6. The van der Waals surface area contributed by atoms with Crippen molar-refractivity contribution < 1.29 is 9.53 Å². The minimum atomic E-state index is 0.292. The summed E-state index contributed by atoms with van der Waals surface area (Å²) in [6.07, 6.45) is 5.80. The number of hydrogen-bond acceptors (Lipinski definition) is 3. The second kappa shape index (κ2) is 8.26. The van der Waals surface area contributed by atoms with E-state index in [1.54, 1.807) is 0 Å². The molecule has 4 rings (SSSR count). The fourth-order valence-corrected chi connectivity index (χ4v) is 4.50. The highest BCUT2D eigenvalue weighted by Crippen LogP contribution is 2.33. The predicted octanol–water partition coefficient (Wildman–Crippen LogP) is 4.68. The lowest BCUT2D eigenvalue weighted by Crippen LogP contribution is -2.21.